The quantitative estimate of drug-likeness (QED) is 0.142. The molecule has 4 aromatic carbocycles. The highest BCUT2D eigenvalue weighted by molar-refractivity contribution is 5.87. The van der Waals surface area contributed by atoms with Crippen LogP contribution in [0.3, 0.4) is 0 Å². The molecule has 4 heterocycles. The molecule has 0 saturated carbocycles. The molecule has 8 rings (SSSR count). The van der Waals surface area contributed by atoms with Gasteiger partial charge in [0, 0.05) is 40.2 Å². The minimum Gasteiger partial charge on any atom is -0.453 e. The van der Waals surface area contributed by atoms with E-state index in [0.717, 1.165) is 55.1 Å². The maximum Gasteiger partial charge on any atom is 0.196 e. The van der Waals surface area contributed by atoms with Crippen molar-refractivity contribution in [2.75, 3.05) is 41.8 Å². The van der Waals surface area contributed by atoms with E-state index < -0.39 is 11.6 Å². The summed E-state index contributed by atoms with van der Waals surface area (Å²) in [5.74, 6) is 2.26. The molecule has 0 aliphatic rings. The van der Waals surface area contributed by atoms with Crippen molar-refractivity contribution in [3.63, 3.8) is 0 Å². The van der Waals surface area contributed by atoms with Gasteiger partial charge in [-0.2, -0.15) is 0 Å². The third-order valence-electron chi connectivity index (χ3n) is 9.98. The van der Waals surface area contributed by atoms with E-state index in [1.807, 2.05) is 110 Å². The fraction of sp³-hybridized carbons (Fsp3) is 0.238. The number of hydrogen-bond acceptors (Lipinski definition) is 10. The monoisotopic (exact) mass is 690 g/mol. The normalized spacial score (nSPS) is 14.5. The second-order valence-corrected chi connectivity index (χ2v) is 13.9. The van der Waals surface area contributed by atoms with Crippen molar-refractivity contribution >= 4 is 43.7 Å². The third-order valence-corrected chi connectivity index (χ3v) is 9.98. The summed E-state index contributed by atoms with van der Waals surface area (Å²) in [7, 11) is 10.4. The number of nitrogens with one attached hydrogen (secondary N) is 1. The molecule has 0 amide bonds. The van der Waals surface area contributed by atoms with Crippen molar-refractivity contribution in [3.05, 3.63) is 121 Å². The molecule has 0 saturated heterocycles. The number of likely N-dealkylation sites (N-methyl/N-ethyl adjacent to an activating group) is 3. The summed E-state index contributed by atoms with van der Waals surface area (Å²) in [4.78, 5) is 24.9. The molecular weight excluding hydrogens is 649 g/mol. The van der Waals surface area contributed by atoms with Crippen LogP contribution in [0.15, 0.2) is 118 Å². The molecule has 0 radical (unpaired) electrons. The largest absolute Gasteiger partial charge is 0.453 e. The molecule has 10 nitrogen and oxygen atoms in total. The van der Waals surface area contributed by atoms with E-state index in [0.29, 0.717) is 36.1 Å². The van der Waals surface area contributed by atoms with Crippen LogP contribution < -0.4 is 11.1 Å². The first-order valence-electron chi connectivity index (χ1n) is 17.5. The number of benzene rings is 4. The van der Waals surface area contributed by atoms with Crippen LogP contribution in [-0.4, -0.2) is 77.6 Å². The zero-order valence-electron chi connectivity index (χ0n) is 30.0. The summed E-state index contributed by atoms with van der Waals surface area (Å²) in [6.45, 7) is 0.619. The van der Waals surface area contributed by atoms with Crippen LogP contribution in [0.5, 0.6) is 0 Å². The third kappa shape index (κ3) is 5.99. The fourth-order valence-electron chi connectivity index (χ4n) is 7.61. The molecule has 52 heavy (non-hydrogen) atoms. The molecule has 0 aliphatic heterocycles. The summed E-state index contributed by atoms with van der Waals surface area (Å²) >= 11 is 0. The lowest BCUT2D eigenvalue weighted by Gasteiger charge is -2.46. The SMILES string of the molecule is CNC(CN(C)C)(c1nc(-c2cc3ccccc3o2)nc2ccccc12)C(CC(N)c1nc(-c2cc3ccccc3o2)nc2ccccc12)N(C)C. The predicted octanol–water partition coefficient (Wildman–Crippen LogP) is 7.40. The Balaban J connectivity index is 1.27. The van der Waals surface area contributed by atoms with E-state index in [1.165, 1.54) is 0 Å². The number of hydrogen-bond donors (Lipinski definition) is 2. The van der Waals surface area contributed by atoms with Crippen LogP contribution in [0.1, 0.15) is 23.9 Å². The Labute approximate surface area is 302 Å². The van der Waals surface area contributed by atoms with E-state index >= 15 is 0 Å². The van der Waals surface area contributed by atoms with Crippen molar-refractivity contribution in [2.45, 2.75) is 24.0 Å². The fourth-order valence-corrected chi connectivity index (χ4v) is 7.61. The topological polar surface area (TPSA) is 122 Å². The average molecular weight is 691 g/mol. The van der Waals surface area contributed by atoms with Gasteiger partial charge in [0.2, 0.25) is 0 Å². The van der Waals surface area contributed by atoms with Crippen molar-refractivity contribution in [1.82, 2.24) is 35.1 Å². The Morgan fingerprint density at radius 3 is 1.75 bits per heavy atom. The van der Waals surface area contributed by atoms with E-state index in [2.05, 4.69) is 49.4 Å². The number of furan rings is 2. The average Bonchev–Trinajstić information content (AvgIpc) is 3.80. The van der Waals surface area contributed by atoms with E-state index in [9.17, 15) is 0 Å². The highest BCUT2D eigenvalue weighted by Crippen LogP contribution is 2.39. The van der Waals surface area contributed by atoms with Crippen molar-refractivity contribution < 1.29 is 8.83 Å². The molecule has 3 unspecified atom stereocenters. The van der Waals surface area contributed by atoms with Gasteiger partial charge in [0.1, 0.15) is 11.2 Å². The standard InChI is InChI=1S/C42H42N8O2/c1-44-42(25-49(2)3,39-29-17-9-11-19-32(29)46-41(48-39)36-23-27-15-7-13-21-34(27)52-36)37(50(4)5)24-30(43)38-28-16-8-10-18-31(28)45-40(47-38)35-22-26-14-6-12-20-33(26)51-35/h6-23,30,37,44H,24-25,43H2,1-5H3. The zero-order valence-corrected chi connectivity index (χ0v) is 30.0. The van der Waals surface area contributed by atoms with Gasteiger partial charge in [-0.05, 0) is 78.1 Å². The first-order valence-corrected chi connectivity index (χ1v) is 17.5. The minimum absolute atomic E-state index is 0.167. The molecule has 3 N–H and O–H groups in total. The Morgan fingerprint density at radius 1 is 0.673 bits per heavy atom. The van der Waals surface area contributed by atoms with E-state index in [4.69, 9.17) is 34.5 Å². The number of rotatable bonds is 11. The van der Waals surface area contributed by atoms with Gasteiger partial charge >= 0.3 is 0 Å². The number of para-hydroxylation sites is 4. The number of nitrogens with zero attached hydrogens (tertiary/aromatic N) is 6. The maximum absolute atomic E-state index is 7.32. The number of nitrogens with two attached hydrogens (primary N) is 1. The highest BCUT2D eigenvalue weighted by Gasteiger charge is 2.45. The highest BCUT2D eigenvalue weighted by atomic mass is 16.3. The Kier molecular flexibility index (Phi) is 8.76. The van der Waals surface area contributed by atoms with Gasteiger partial charge < -0.3 is 29.7 Å². The van der Waals surface area contributed by atoms with Gasteiger partial charge in [-0.25, -0.2) is 19.9 Å². The van der Waals surface area contributed by atoms with Crippen LogP contribution in [0.4, 0.5) is 0 Å². The first kappa shape index (κ1) is 33.6. The Hall–Kier alpha value is -5.52. The van der Waals surface area contributed by atoms with Crippen molar-refractivity contribution in [2.24, 2.45) is 5.73 Å². The first-order chi connectivity index (χ1) is 25.2. The maximum atomic E-state index is 7.32. The molecule has 0 spiro atoms. The lowest BCUT2D eigenvalue weighted by Crippen LogP contribution is -2.61. The summed E-state index contributed by atoms with van der Waals surface area (Å²) in [6, 6.07) is 35.5. The van der Waals surface area contributed by atoms with Crippen LogP contribution in [0.25, 0.3) is 66.9 Å². The lowest BCUT2D eigenvalue weighted by molar-refractivity contribution is 0.0986. The Morgan fingerprint density at radius 2 is 1.19 bits per heavy atom. The van der Waals surface area contributed by atoms with Gasteiger partial charge in [-0.15, -0.1) is 0 Å². The molecular formula is C42H42N8O2. The van der Waals surface area contributed by atoms with Gasteiger partial charge in [0.05, 0.1) is 28.0 Å². The zero-order chi connectivity index (χ0) is 36.0. The van der Waals surface area contributed by atoms with Gasteiger partial charge in [0.25, 0.3) is 0 Å². The summed E-state index contributed by atoms with van der Waals surface area (Å²) in [5.41, 5.74) is 11.4. The van der Waals surface area contributed by atoms with Gasteiger partial charge in [-0.3, -0.25) is 0 Å². The number of fused-ring (bicyclic) bond motifs is 4. The molecule has 10 heteroatoms. The van der Waals surface area contributed by atoms with Crippen LogP contribution in [-0.2, 0) is 5.54 Å². The van der Waals surface area contributed by atoms with Crippen LogP contribution >= 0.6 is 0 Å². The summed E-state index contributed by atoms with van der Waals surface area (Å²) < 4.78 is 12.5. The number of aromatic nitrogens is 4. The minimum atomic E-state index is -0.724. The smallest absolute Gasteiger partial charge is 0.196 e. The van der Waals surface area contributed by atoms with E-state index in [1.54, 1.807) is 0 Å². The second kappa shape index (κ2) is 13.6. The molecule has 262 valence electrons. The van der Waals surface area contributed by atoms with E-state index in [-0.39, 0.29) is 6.04 Å². The van der Waals surface area contributed by atoms with Crippen molar-refractivity contribution in [3.8, 4) is 23.2 Å². The summed E-state index contributed by atoms with van der Waals surface area (Å²) in [5, 5.41) is 7.64. The molecule has 0 bridgehead atoms. The van der Waals surface area contributed by atoms with Gasteiger partial charge in [0.15, 0.2) is 23.2 Å². The molecule has 8 aromatic rings. The molecule has 0 aliphatic carbocycles. The lowest BCUT2D eigenvalue weighted by atomic mass is 9.79. The van der Waals surface area contributed by atoms with Crippen LogP contribution in [0, 0.1) is 0 Å². The molecule has 0 fully saturated rings. The predicted molar refractivity (Wildman–Crippen MR) is 208 cm³/mol. The molecule has 4 aromatic heterocycles. The summed E-state index contributed by atoms with van der Waals surface area (Å²) in [6.07, 6.45) is 0.542. The second-order valence-electron chi connectivity index (χ2n) is 13.9. The molecule has 3 atom stereocenters. The van der Waals surface area contributed by atoms with Crippen molar-refractivity contribution in [1.29, 1.82) is 0 Å². The van der Waals surface area contributed by atoms with Gasteiger partial charge in [-0.1, -0.05) is 72.8 Å². The Bertz CT molecular complexity index is 2470. The van der Waals surface area contributed by atoms with Crippen LogP contribution in [0.2, 0.25) is 0 Å².